The summed E-state index contributed by atoms with van der Waals surface area (Å²) in [6.07, 6.45) is 0.414. The molecule has 0 aliphatic carbocycles. The first-order valence-corrected chi connectivity index (χ1v) is 8.06. The monoisotopic (exact) mass is 345 g/mol. The maximum absolute atomic E-state index is 12.1. The predicted octanol–water partition coefficient (Wildman–Crippen LogP) is 4.05. The minimum Gasteiger partial charge on any atom is -0.376 e. The number of rotatable bonds is 6. The number of hydrogen-bond donors (Lipinski definition) is 3. The van der Waals surface area contributed by atoms with Gasteiger partial charge in [-0.25, -0.2) is 0 Å². The molecule has 0 atom stereocenters. The Bertz CT molecular complexity index is 747. The second kappa shape index (κ2) is 8.36. The van der Waals surface area contributed by atoms with Crippen molar-refractivity contribution in [3.05, 3.63) is 53.1 Å². The first-order chi connectivity index (χ1) is 11.5. The highest BCUT2D eigenvalue weighted by molar-refractivity contribution is 6.33. The molecule has 2 rings (SSSR count). The summed E-state index contributed by atoms with van der Waals surface area (Å²) in [5.74, 6) is -0.253. The number of carbonyl (C=O) groups is 2. The summed E-state index contributed by atoms with van der Waals surface area (Å²) in [5.41, 5.74) is 2.98. The second-order valence-corrected chi connectivity index (χ2v) is 5.67. The van der Waals surface area contributed by atoms with E-state index in [1.54, 1.807) is 31.2 Å². The minimum atomic E-state index is -0.203. The Kier molecular flexibility index (Phi) is 6.21. The maximum atomic E-state index is 12.1. The zero-order valence-corrected chi connectivity index (χ0v) is 14.4. The Morgan fingerprint density at radius 2 is 1.54 bits per heavy atom. The first-order valence-electron chi connectivity index (χ1n) is 7.69. The van der Waals surface area contributed by atoms with Crippen molar-refractivity contribution in [2.75, 3.05) is 22.5 Å². The van der Waals surface area contributed by atoms with Crippen LogP contribution in [-0.2, 0) is 9.59 Å². The molecule has 0 aliphatic heterocycles. The van der Waals surface area contributed by atoms with E-state index < -0.39 is 0 Å². The van der Waals surface area contributed by atoms with Crippen molar-refractivity contribution in [2.24, 2.45) is 0 Å². The molecule has 0 saturated carbocycles. The van der Waals surface area contributed by atoms with Crippen LogP contribution in [0, 0.1) is 6.92 Å². The van der Waals surface area contributed by atoms with Crippen molar-refractivity contribution < 1.29 is 9.59 Å². The van der Waals surface area contributed by atoms with Crippen LogP contribution in [-0.4, -0.2) is 18.4 Å². The third-order valence-electron chi connectivity index (χ3n) is 3.52. The Labute approximate surface area is 146 Å². The number of nitrogens with one attached hydrogen (secondary N) is 3. The molecule has 5 nitrogen and oxygen atoms in total. The van der Waals surface area contributed by atoms with Gasteiger partial charge in [0.15, 0.2) is 0 Å². The van der Waals surface area contributed by atoms with Gasteiger partial charge in [-0.2, -0.15) is 0 Å². The van der Waals surface area contributed by atoms with Gasteiger partial charge in [0.1, 0.15) is 0 Å². The van der Waals surface area contributed by atoms with Crippen molar-refractivity contribution in [3.63, 3.8) is 0 Å². The number of carbonyl (C=O) groups excluding carboxylic acids is 2. The molecular formula is C18H20ClN3O2. The highest BCUT2D eigenvalue weighted by Gasteiger charge is 2.09. The Hall–Kier alpha value is -2.53. The number of amides is 2. The molecule has 0 spiro atoms. The van der Waals surface area contributed by atoms with Crippen LogP contribution in [0.15, 0.2) is 42.5 Å². The highest BCUT2D eigenvalue weighted by atomic mass is 35.5. The number of para-hydroxylation sites is 1. The van der Waals surface area contributed by atoms with Crippen LogP contribution in [0.1, 0.15) is 18.9 Å². The van der Waals surface area contributed by atoms with Gasteiger partial charge in [-0.3, -0.25) is 9.59 Å². The maximum Gasteiger partial charge on any atom is 0.243 e. The fourth-order valence-corrected chi connectivity index (χ4v) is 2.32. The molecule has 0 fully saturated rings. The van der Waals surface area contributed by atoms with E-state index in [2.05, 4.69) is 16.0 Å². The van der Waals surface area contributed by atoms with Gasteiger partial charge in [-0.1, -0.05) is 36.7 Å². The lowest BCUT2D eigenvalue weighted by atomic mass is 10.1. The molecule has 2 aromatic carbocycles. The Morgan fingerprint density at radius 3 is 2.25 bits per heavy atom. The van der Waals surface area contributed by atoms with Gasteiger partial charge in [0.2, 0.25) is 11.8 Å². The standard InChI is InChI=1S/C18H20ClN3O2/c1-3-17(23)21-15-10-6-9-14(12(15)2)20-11-18(24)22-16-8-5-4-7-13(16)19/h4-10,20H,3,11H2,1-2H3,(H,21,23)(H,22,24). The SMILES string of the molecule is CCC(=O)Nc1cccc(NCC(=O)Nc2ccccc2Cl)c1C. The summed E-state index contributed by atoms with van der Waals surface area (Å²) < 4.78 is 0. The van der Waals surface area contributed by atoms with Crippen LogP contribution >= 0.6 is 11.6 Å². The van der Waals surface area contributed by atoms with E-state index in [9.17, 15) is 9.59 Å². The third kappa shape index (κ3) is 4.73. The average molecular weight is 346 g/mol. The summed E-state index contributed by atoms with van der Waals surface area (Å²) in [6, 6.07) is 12.6. The van der Waals surface area contributed by atoms with E-state index in [4.69, 9.17) is 11.6 Å². The average Bonchev–Trinajstić information content (AvgIpc) is 2.57. The van der Waals surface area contributed by atoms with Gasteiger partial charge in [0.05, 0.1) is 17.3 Å². The first kappa shape index (κ1) is 17.8. The van der Waals surface area contributed by atoms with Crippen molar-refractivity contribution in [1.82, 2.24) is 0 Å². The predicted molar refractivity (Wildman–Crippen MR) is 98.7 cm³/mol. The van der Waals surface area contributed by atoms with E-state index in [1.807, 2.05) is 25.1 Å². The van der Waals surface area contributed by atoms with Gasteiger partial charge < -0.3 is 16.0 Å². The third-order valence-corrected chi connectivity index (χ3v) is 3.85. The van der Waals surface area contributed by atoms with Crippen LogP contribution in [0.4, 0.5) is 17.1 Å². The van der Waals surface area contributed by atoms with E-state index >= 15 is 0 Å². The molecule has 0 radical (unpaired) electrons. The molecule has 3 N–H and O–H groups in total. The molecule has 0 bridgehead atoms. The van der Waals surface area contributed by atoms with Crippen molar-refractivity contribution in [2.45, 2.75) is 20.3 Å². The fraction of sp³-hybridized carbons (Fsp3) is 0.222. The number of hydrogen-bond acceptors (Lipinski definition) is 3. The molecular weight excluding hydrogens is 326 g/mol. The van der Waals surface area contributed by atoms with Gasteiger partial charge in [-0.15, -0.1) is 0 Å². The van der Waals surface area contributed by atoms with Crippen LogP contribution in [0.25, 0.3) is 0 Å². The summed E-state index contributed by atoms with van der Waals surface area (Å²) in [6.45, 7) is 3.78. The molecule has 2 aromatic rings. The fourth-order valence-electron chi connectivity index (χ4n) is 2.13. The number of benzene rings is 2. The quantitative estimate of drug-likeness (QED) is 0.739. The summed E-state index contributed by atoms with van der Waals surface area (Å²) in [4.78, 5) is 23.6. The zero-order valence-electron chi connectivity index (χ0n) is 13.7. The molecule has 0 heterocycles. The molecule has 126 valence electrons. The van der Waals surface area contributed by atoms with Gasteiger partial charge in [0, 0.05) is 17.8 Å². The normalized spacial score (nSPS) is 10.1. The summed E-state index contributed by atoms with van der Waals surface area (Å²) in [7, 11) is 0. The van der Waals surface area contributed by atoms with Crippen LogP contribution in [0.2, 0.25) is 5.02 Å². The molecule has 2 amide bonds. The minimum absolute atomic E-state index is 0.0493. The smallest absolute Gasteiger partial charge is 0.243 e. The zero-order chi connectivity index (χ0) is 17.5. The van der Waals surface area contributed by atoms with Gasteiger partial charge in [0.25, 0.3) is 0 Å². The Morgan fingerprint density at radius 1 is 0.917 bits per heavy atom. The van der Waals surface area contributed by atoms with E-state index in [1.165, 1.54) is 0 Å². The van der Waals surface area contributed by atoms with Crippen molar-refractivity contribution >= 4 is 40.5 Å². The van der Waals surface area contributed by atoms with Gasteiger partial charge >= 0.3 is 0 Å². The Balaban J connectivity index is 1.99. The molecule has 24 heavy (non-hydrogen) atoms. The summed E-state index contributed by atoms with van der Waals surface area (Å²) >= 11 is 6.02. The molecule has 0 unspecified atom stereocenters. The number of anilines is 3. The van der Waals surface area contributed by atoms with Crippen molar-refractivity contribution in [3.8, 4) is 0 Å². The lowest BCUT2D eigenvalue weighted by Crippen LogP contribution is -2.22. The highest BCUT2D eigenvalue weighted by Crippen LogP contribution is 2.24. The van der Waals surface area contributed by atoms with Crippen molar-refractivity contribution in [1.29, 1.82) is 0 Å². The van der Waals surface area contributed by atoms with Gasteiger partial charge in [-0.05, 0) is 36.8 Å². The van der Waals surface area contributed by atoms with Crippen LogP contribution in [0.5, 0.6) is 0 Å². The van der Waals surface area contributed by atoms with E-state index in [0.29, 0.717) is 17.1 Å². The lowest BCUT2D eigenvalue weighted by Gasteiger charge is -2.14. The second-order valence-electron chi connectivity index (χ2n) is 5.26. The molecule has 6 heteroatoms. The van der Waals surface area contributed by atoms with E-state index in [-0.39, 0.29) is 18.4 Å². The molecule has 0 aliphatic rings. The molecule has 0 aromatic heterocycles. The topological polar surface area (TPSA) is 70.2 Å². The number of halogens is 1. The summed E-state index contributed by atoms with van der Waals surface area (Å²) in [5, 5.41) is 9.16. The van der Waals surface area contributed by atoms with Crippen LogP contribution in [0.3, 0.4) is 0 Å². The van der Waals surface area contributed by atoms with E-state index in [0.717, 1.165) is 16.9 Å². The van der Waals surface area contributed by atoms with Crippen LogP contribution < -0.4 is 16.0 Å². The largest absolute Gasteiger partial charge is 0.376 e. The lowest BCUT2D eigenvalue weighted by molar-refractivity contribution is -0.116. The molecule has 0 saturated heterocycles.